The fourth-order valence-corrected chi connectivity index (χ4v) is 5.10. The minimum Gasteiger partial charge on any atom is -0.497 e. The Balaban J connectivity index is 1.43. The van der Waals surface area contributed by atoms with Crippen molar-refractivity contribution < 1.29 is 9.53 Å². The molecule has 1 amide bonds. The van der Waals surface area contributed by atoms with Gasteiger partial charge in [-0.1, -0.05) is 12.1 Å². The first-order valence-electron chi connectivity index (χ1n) is 11.8. The molecule has 3 heterocycles. The summed E-state index contributed by atoms with van der Waals surface area (Å²) in [6.07, 6.45) is 3.55. The topological polar surface area (TPSA) is 72.3 Å². The van der Waals surface area contributed by atoms with E-state index in [1.165, 1.54) is 24.0 Å². The van der Waals surface area contributed by atoms with Crippen LogP contribution in [-0.2, 0) is 18.3 Å². The Bertz CT molecular complexity index is 1130. The zero-order chi connectivity index (χ0) is 23.5. The van der Waals surface area contributed by atoms with Crippen LogP contribution in [0.25, 0.3) is 11.0 Å². The summed E-state index contributed by atoms with van der Waals surface area (Å²) in [5, 5.41) is 8.82. The molecule has 1 aliphatic heterocycles. The van der Waals surface area contributed by atoms with Crippen LogP contribution >= 0.6 is 0 Å². The number of hydrogen-bond acceptors (Lipinski definition) is 5. The smallest absolute Gasteiger partial charge is 0.220 e. The number of amides is 1. The third-order valence-corrected chi connectivity index (χ3v) is 6.91. The molecule has 0 spiro atoms. The molecule has 1 fully saturated rings. The maximum absolute atomic E-state index is 12.8. The number of nitrogens with zero attached hydrogens (tertiary/aromatic N) is 4. The summed E-state index contributed by atoms with van der Waals surface area (Å²) < 4.78 is 7.14. The van der Waals surface area contributed by atoms with Crippen LogP contribution in [0, 0.1) is 20.8 Å². The third-order valence-electron chi connectivity index (χ3n) is 6.91. The van der Waals surface area contributed by atoms with E-state index in [-0.39, 0.29) is 11.9 Å². The van der Waals surface area contributed by atoms with E-state index >= 15 is 0 Å². The number of aryl methyl sites for hydroxylation is 4. The predicted octanol–water partition coefficient (Wildman–Crippen LogP) is 3.79. The summed E-state index contributed by atoms with van der Waals surface area (Å²) in [6, 6.07) is 8.39. The molecule has 1 unspecified atom stereocenters. The average Bonchev–Trinajstić information content (AvgIpc) is 3.42. The van der Waals surface area contributed by atoms with Gasteiger partial charge in [-0.25, -0.2) is 4.98 Å². The molecule has 0 saturated carbocycles. The molecule has 3 aromatic rings. The maximum atomic E-state index is 12.8. The molecule has 0 radical (unpaired) electrons. The SMILES string of the molecule is COc1ccc(C(CNC(=O)CCc2c(C)nc3c(c(C)nn3C)c2C)N2CCCC2)cc1. The molecule has 1 saturated heterocycles. The highest BCUT2D eigenvalue weighted by Crippen LogP contribution is 2.27. The Morgan fingerprint density at radius 3 is 2.48 bits per heavy atom. The largest absolute Gasteiger partial charge is 0.497 e. The summed E-state index contributed by atoms with van der Waals surface area (Å²) in [5.74, 6) is 0.928. The Hall–Kier alpha value is -2.93. The Kier molecular flexibility index (Phi) is 6.98. The lowest BCUT2D eigenvalue weighted by molar-refractivity contribution is -0.121. The lowest BCUT2D eigenvalue weighted by Crippen LogP contribution is -2.36. The molecule has 2 aromatic heterocycles. The van der Waals surface area contributed by atoms with Crippen molar-refractivity contribution in [1.29, 1.82) is 0 Å². The second-order valence-electron chi connectivity index (χ2n) is 9.04. The maximum Gasteiger partial charge on any atom is 0.220 e. The van der Waals surface area contributed by atoms with Crippen LogP contribution in [0.3, 0.4) is 0 Å². The molecule has 4 rings (SSSR count). The average molecular weight is 450 g/mol. The van der Waals surface area contributed by atoms with Crippen LogP contribution in [0.2, 0.25) is 0 Å². The first-order chi connectivity index (χ1) is 15.9. The number of fused-ring (bicyclic) bond motifs is 1. The lowest BCUT2D eigenvalue weighted by Gasteiger charge is -2.28. The molecular formula is C26H35N5O2. The molecule has 176 valence electrons. The van der Waals surface area contributed by atoms with Gasteiger partial charge in [-0.3, -0.25) is 14.4 Å². The quantitative estimate of drug-likeness (QED) is 0.567. The van der Waals surface area contributed by atoms with Crippen molar-refractivity contribution in [1.82, 2.24) is 25.0 Å². The first-order valence-corrected chi connectivity index (χ1v) is 11.8. The molecule has 0 bridgehead atoms. The van der Waals surface area contributed by atoms with Gasteiger partial charge < -0.3 is 10.1 Å². The number of hydrogen-bond donors (Lipinski definition) is 1. The fraction of sp³-hybridized carbons (Fsp3) is 0.500. The van der Waals surface area contributed by atoms with Crippen LogP contribution in [0.1, 0.15) is 53.4 Å². The fourth-order valence-electron chi connectivity index (χ4n) is 5.10. The summed E-state index contributed by atoms with van der Waals surface area (Å²) in [4.78, 5) is 20.1. The number of aromatic nitrogens is 3. The second kappa shape index (κ2) is 9.91. The van der Waals surface area contributed by atoms with E-state index in [1.807, 2.05) is 37.7 Å². The molecule has 33 heavy (non-hydrogen) atoms. The summed E-state index contributed by atoms with van der Waals surface area (Å²) in [7, 11) is 3.60. The zero-order valence-electron chi connectivity index (χ0n) is 20.4. The van der Waals surface area contributed by atoms with E-state index in [4.69, 9.17) is 9.72 Å². The van der Waals surface area contributed by atoms with Crippen molar-refractivity contribution in [2.75, 3.05) is 26.7 Å². The number of pyridine rings is 1. The van der Waals surface area contributed by atoms with E-state index in [1.54, 1.807) is 7.11 Å². The summed E-state index contributed by atoms with van der Waals surface area (Å²) in [6.45, 7) is 8.91. The van der Waals surface area contributed by atoms with E-state index in [0.717, 1.165) is 46.8 Å². The van der Waals surface area contributed by atoms with E-state index in [2.05, 4.69) is 34.4 Å². The Labute approximate surface area is 196 Å². The highest BCUT2D eigenvalue weighted by Gasteiger charge is 2.24. The molecular weight excluding hydrogens is 414 g/mol. The van der Waals surface area contributed by atoms with Crippen LogP contribution in [0.5, 0.6) is 5.75 Å². The van der Waals surface area contributed by atoms with Gasteiger partial charge in [0.2, 0.25) is 5.91 Å². The van der Waals surface area contributed by atoms with Crippen molar-refractivity contribution >= 4 is 16.9 Å². The van der Waals surface area contributed by atoms with Crippen molar-refractivity contribution in [2.24, 2.45) is 7.05 Å². The number of benzene rings is 1. The van der Waals surface area contributed by atoms with Gasteiger partial charge in [0, 0.05) is 31.1 Å². The second-order valence-corrected chi connectivity index (χ2v) is 9.04. The number of carbonyl (C=O) groups excluding carboxylic acids is 1. The monoisotopic (exact) mass is 449 g/mol. The van der Waals surface area contributed by atoms with E-state index < -0.39 is 0 Å². The van der Waals surface area contributed by atoms with E-state index in [0.29, 0.717) is 19.4 Å². The number of likely N-dealkylation sites (tertiary alicyclic amines) is 1. The van der Waals surface area contributed by atoms with Crippen LogP contribution in [-0.4, -0.2) is 52.3 Å². The summed E-state index contributed by atoms with van der Waals surface area (Å²) >= 11 is 0. The first kappa shape index (κ1) is 23.2. The minimum atomic E-state index is 0.0783. The van der Waals surface area contributed by atoms with Crippen LogP contribution < -0.4 is 10.1 Å². The van der Waals surface area contributed by atoms with Crippen LogP contribution in [0.15, 0.2) is 24.3 Å². The highest BCUT2D eigenvalue weighted by molar-refractivity contribution is 5.84. The van der Waals surface area contributed by atoms with Gasteiger partial charge in [-0.15, -0.1) is 0 Å². The highest BCUT2D eigenvalue weighted by atomic mass is 16.5. The Morgan fingerprint density at radius 1 is 1.12 bits per heavy atom. The lowest BCUT2D eigenvalue weighted by atomic mass is 9.99. The molecule has 1 N–H and O–H groups in total. The molecule has 7 nitrogen and oxygen atoms in total. The standard InChI is InChI=1S/C26H35N5O2/c1-17-22(18(2)28-26-25(17)19(3)29-30(26)4)12-13-24(32)27-16-23(31-14-6-7-15-31)20-8-10-21(33-5)11-9-20/h8-11,23H,6-7,12-16H2,1-5H3,(H,27,32). The van der Waals surface area contributed by atoms with Gasteiger partial charge in [-0.2, -0.15) is 5.10 Å². The molecule has 1 atom stereocenters. The number of carbonyl (C=O) groups is 1. The zero-order valence-corrected chi connectivity index (χ0v) is 20.4. The number of rotatable bonds is 8. The van der Waals surface area contributed by atoms with Gasteiger partial charge in [-0.05, 0) is 81.9 Å². The molecule has 0 aliphatic carbocycles. The predicted molar refractivity (Wildman–Crippen MR) is 131 cm³/mol. The molecule has 7 heteroatoms. The number of methoxy groups -OCH3 is 1. The van der Waals surface area contributed by atoms with Gasteiger partial charge in [0.25, 0.3) is 0 Å². The van der Waals surface area contributed by atoms with Crippen LogP contribution in [0.4, 0.5) is 0 Å². The molecule has 1 aromatic carbocycles. The van der Waals surface area contributed by atoms with Gasteiger partial charge in [0.15, 0.2) is 5.65 Å². The Morgan fingerprint density at radius 2 is 1.82 bits per heavy atom. The normalized spacial score (nSPS) is 15.2. The van der Waals surface area contributed by atoms with Gasteiger partial charge in [0.05, 0.1) is 18.8 Å². The molecule has 1 aliphatic rings. The minimum absolute atomic E-state index is 0.0783. The van der Waals surface area contributed by atoms with Gasteiger partial charge in [0.1, 0.15) is 5.75 Å². The van der Waals surface area contributed by atoms with Crippen molar-refractivity contribution in [3.63, 3.8) is 0 Å². The van der Waals surface area contributed by atoms with Crippen molar-refractivity contribution in [3.8, 4) is 5.75 Å². The van der Waals surface area contributed by atoms with Gasteiger partial charge >= 0.3 is 0 Å². The van der Waals surface area contributed by atoms with Crippen molar-refractivity contribution in [3.05, 3.63) is 52.3 Å². The third kappa shape index (κ3) is 4.88. The van der Waals surface area contributed by atoms with E-state index in [9.17, 15) is 4.79 Å². The number of nitrogens with one attached hydrogen (secondary N) is 1. The van der Waals surface area contributed by atoms with Crippen molar-refractivity contribution in [2.45, 2.75) is 52.5 Å². The number of ether oxygens (including phenoxy) is 1. The summed E-state index contributed by atoms with van der Waals surface area (Å²) in [5.41, 5.74) is 6.42.